The maximum atomic E-state index is 13.7. The van der Waals surface area contributed by atoms with Crippen LogP contribution in [-0.2, 0) is 0 Å². The molecule has 0 radical (unpaired) electrons. The number of hydrogen-bond donors (Lipinski definition) is 1. The number of nitrogens with zero attached hydrogens (tertiary/aromatic N) is 1. The quantitative estimate of drug-likeness (QED) is 0.719. The second-order valence-corrected chi connectivity index (χ2v) is 6.02. The number of carbonyl (C=O) groups excluding carboxylic acids is 1. The van der Waals surface area contributed by atoms with Gasteiger partial charge in [-0.15, -0.1) is 11.3 Å². The van der Waals surface area contributed by atoms with E-state index in [0.29, 0.717) is 17.2 Å². The molecular weight excluding hydrogens is 362 g/mol. The lowest BCUT2D eigenvalue weighted by molar-refractivity contribution is 0.101. The Morgan fingerprint density at radius 3 is 2.42 bits per heavy atom. The maximum Gasteiger partial charge on any atom is 0.263 e. The van der Waals surface area contributed by atoms with E-state index < -0.39 is 23.1 Å². The van der Waals surface area contributed by atoms with Gasteiger partial charge in [0.15, 0.2) is 16.6 Å². The van der Waals surface area contributed by atoms with Gasteiger partial charge in [-0.1, -0.05) is 6.07 Å². The first-order chi connectivity index (χ1) is 12.5. The number of hydrogen-bond acceptors (Lipinski definition) is 5. The summed E-state index contributed by atoms with van der Waals surface area (Å²) in [4.78, 5) is 16.4. The highest BCUT2D eigenvalue weighted by molar-refractivity contribution is 7.14. The average molecular weight is 376 g/mol. The number of halogens is 2. The average Bonchev–Trinajstić information content (AvgIpc) is 3.09. The fourth-order valence-electron chi connectivity index (χ4n) is 2.33. The third-order valence-electron chi connectivity index (χ3n) is 3.59. The fourth-order valence-corrected chi connectivity index (χ4v) is 3.05. The smallest absolute Gasteiger partial charge is 0.263 e. The largest absolute Gasteiger partial charge is 0.493 e. The zero-order chi connectivity index (χ0) is 18.7. The van der Waals surface area contributed by atoms with Crippen molar-refractivity contribution >= 4 is 22.4 Å². The molecular formula is C18H14F2N2O3S. The monoisotopic (exact) mass is 376 g/mol. The molecule has 0 aliphatic carbocycles. The second kappa shape index (κ2) is 7.49. The minimum Gasteiger partial charge on any atom is -0.493 e. The highest BCUT2D eigenvalue weighted by Crippen LogP contribution is 2.33. The lowest BCUT2D eigenvalue weighted by Crippen LogP contribution is -2.15. The first-order valence-corrected chi connectivity index (χ1v) is 8.34. The van der Waals surface area contributed by atoms with E-state index in [2.05, 4.69) is 10.3 Å². The molecule has 0 unspecified atom stereocenters. The molecule has 5 nitrogen and oxygen atoms in total. The lowest BCUT2D eigenvalue weighted by Gasteiger charge is -2.08. The van der Waals surface area contributed by atoms with E-state index in [0.717, 1.165) is 29.0 Å². The van der Waals surface area contributed by atoms with Crippen molar-refractivity contribution in [2.45, 2.75) is 0 Å². The van der Waals surface area contributed by atoms with Crippen molar-refractivity contribution in [1.82, 2.24) is 4.98 Å². The molecule has 134 valence electrons. The van der Waals surface area contributed by atoms with Crippen LogP contribution in [0.15, 0.2) is 41.8 Å². The molecule has 1 amide bonds. The topological polar surface area (TPSA) is 60.5 Å². The third kappa shape index (κ3) is 3.50. The summed E-state index contributed by atoms with van der Waals surface area (Å²) in [6, 6.07) is 8.51. The Labute approximate surface area is 152 Å². The van der Waals surface area contributed by atoms with Gasteiger partial charge in [-0.2, -0.15) is 0 Å². The summed E-state index contributed by atoms with van der Waals surface area (Å²) in [6.45, 7) is 0. The molecule has 0 saturated heterocycles. The van der Waals surface area contributed by atoms with E-state index in [-0.39, 0.29) is 5.13 Å². The van der Waals surface area contributed by atoms with Crippen LogP contribution in [-0.4, -0.2) is 25.1 Å². The first kappa shape index (κ1) is 17.8. The molecule has 0 fully saturated rings. The van der Waals surface area contributed by atoms with Crippen molar-refractivity contribution < 1.29 is 23.0 Å². The van der Waals surface area contributed by atoms with E-state index >= 15 is 0 Å². The molecule has 0 aliphatic heterocycles. The maximum absolute atomic E-state index is 13.7. The molecule has 1 N–H and O–H groups in total. The molecule has 0 bridgehead atoms. The molecule has 3 aromatic rings. The summed E-state index contributed by atoms with van der Waals surface area (Å²) in [7, 11) is 3.06. The van der Waals surface area contributed by atoms with Gasteiger partial charge in [-0.25, -0.2) is 13.8 Å². The van der Waals surface area contributed by atoms with Crippen LogP contribution < -0.4 is 14.8 Å². The van der Waals surface area contributed by atoms with Crippen LogP contribution in [0.5, 0.6) is 11.5 Å². The van der Waals surface area contributed by atoms with Gasteiger partial charge in [0.2, 0.25) is 0 Å². The van der Waals surface area contributed by atoms with Crippen molar-refractivity contribution in [1.29, 1.82) is 0 Å². The predicted molar refractivity (Wildman–Crippen MR) is 95.0 cm³/mol. The van der Waals surface area contributed by atoms with E-state index in [1.54, 1.807) is 23.6 Å². The van der Waals surface area contributed by atoms with Crippen LogP contribution in [0.1, 0.15) is 10.4 Å². The molecule has 26 heavy (non-hydrogen) atoms. The highest BCUT2D eigenvalue weighted by Gasteiger charge is 2.18. The number of thiazole rings is 1. The molecule has 1 aromatic heterocycles. The zero-order valence-corrected chi connectivity index (χ0v) is 14.7. The Balaban J connectivity index is 1.83. The Bertz CT molecular complexity index is 939. The molecule has 0 aliphatic rings. The van der Waals surface area contributed by atoms with Gasteiger partial charge in [0, 0.05) is 10.9 Å². The summed E-state index contributed by atoms with van der Waals surface area (Å²) in [5.41, 5.74) is 0.687. The Kier molecular flexibility index (Phi) is 5.13. The number of amides is 1. The van der Waals surface area contributed by atoms with Crippen LogP contribution in [0.4, 0.5) is 13.9 Å². The molecule has 0 spiro atoms. The van der Waals surface area contributed by atoms with Crippen molar-refractivity contribution in [3.63, 3.8) is 0 Å². The van der Waals surface area contributed by atoms with Gasteiger partial charge >= 0.3 is 0 Å². The minimum atomic E-state index is -0.931. The van der Waals surface area contributed by atoms with Gasteiger partial charge < -0.3 is 9.47 Å². The molecule has 8 heteroatoms. The third-order valence-corrected chi connectivity index (χ3v) is 4.35. The number of carbonyl (C=O) groups is 1. The molecule has 0 saturated carbocycles. The molecule has 3 rings (SSSR count). The van der Waals surface area contributed by atoms with Crippen LogP contribution in [0.25, 0.3) is 11.3 Å². The van der Waals surface area contributed by atoms with Gasteiger partial charge in [-0.05, 0) is 30.3 Å². The standard InChI is InChI=1S/C18H14F2N2O3S/c1-24-14-7-6-10(8-15(14)25-2)13-9-26-18(21-13)22-17(23)16-11(19)4-3-5-12(16)20/h3-9H,1-2H3,(H,21,22,23). The van der Waals surface area contributed by atoms with Crippen molar-refractivity contribution in [2.75, 3.05) is 19.5 Å². The number of methoxy groups -OCH3 is 2. The highest BCUT2D eigenvalue weighted by atomic mass is 32.1. The molecule has 0 atom stereocenters. The van der Waals surface area contributed by atoms with E-state index in [1.807, 2.05) is 0 Å². The summed E-state index contributed by atoms with van der Waals surface area (Å²) in [5.74, 6) is -1.64. The SMILES string of the molecule is COc1ccc(-c2csc(NC(=O)c3c(F)cccc3F)n2)cc1OC. The summed E-state index contributed by atoms with van der Waals surface area (Å²) in [6.07, 6.45) is 0. The van der Waals surface area contributed by atoms with Crippen LogP contribution in [0.2, 0.25) is 0 Å². The fraction of sp³-hybridized carbons (Fsp3) is 0.111. The van der Waals surface area contributed by atoms with Gasteiger partial charge in [-0.3, -0.25) is 10.1 Å². The van der Waals surface area contributed by atoms with E-state index in [4.69, 9.17) is 9.47 Å². The number of nitrogens with one attached hydrogen (secondary N) is 1. The number of anilines is 1. The van der Waals surface area contributed by atoms with Crippen molar-refractivity contribution in [3.05, 3.63) is 59.0 Å². The zero-order valence-electron chi connectivity index (χ0n) is 13.9. The van der Waals surface area contributed by atoms with E-state index in [9.17, 15) is 13.6 Å². The number of benzene rings is 2. The summed E-state index contributed by atoms with van der Waals surface area (Å²) in [5, 5.41) is 4.36. The number of ether oxygens (including phenoxy) is 2. The first-order valence-electron chi connectivity index (χ1n) is 7.46. The number of aromatic nitrogens is 1. The Morgan fingerprint density at radius 2 is 1.77 bits per heavy atom. The van der Waals surface area contributed by atoms with Gasteiger partial charge in [0.25, 0.3) is 5.91 Å². The van der Waals surface area contributed by atoms with Gasteiger partial charge in [0.1, 0.15) is 17.2 Å². The minimum absolute atomic E-state index is 0.224. The number of rotatable bonds is 5. The van der Waals surface area contributed by atoms with Crippen molar-refractivity contribution in [2.24, 2.45) is 0 Å². The summed E-state index contributed by atoms with van der Waals surface area (Å²) < 4.78 is 37.8. The normalized spacial score (nSPS) is 10.5. The lowest BCUT2D eigenvalue weighted by atomic mass is 10.1. The van der Waals surface area contributed by atoms with Crippen LogP contribution in [0.3, 0.4) is 0 Å². The van der Waals surface area contributed by atoms with Crippen LogP contribution >= 0.6 is 11.3 Å². The van der Waals surface area contributed by atoms with Crippen molar-refractivity contribution in [3.8, 4) is 22.8 Å². The summed E-state index contributed by atoms with van der Waals surface area (Å²) >= 11 is 1.14. The van der Waals surface area contributed by atoms with E-state index in [1.165, 1.54) is 20.3 Å². The second-order valence-electron chi connectivity index (χ2n) is 5.16. The Hall–Kier alpha value is -3.00. The van der Waals surface area contributed by atoms with Crippen LogP contribution in [0, 0.1) is 11.6 Å². The Morgan fingerprint density at radius 1 is 1.08 bits per heavy atom. The molecule has 1 heterocycles. The van der Waals surface area contributed by atoms with Gasteiger partial charge in [0.05, 0.1) is 19.9 Å². The molecule has 2 aromatic carbocycles. The predicted octanol–water partition coefficient (Wildman–Crippen LogP) is 4.36.